The van der Waals surface area contributed by atoms with Crippen LogP contribution in [0.15, 0.2) is 18.2 Å². The van der Waals surface area contributed by atoms with Crippen LogP contribution in [-0.2, 0) is 9.59 Å². The number of benzene rings is 1. The molecule has 8 heteroatoms. The minimum Gasteiger partial charge on any atom is -0.478 e. The highest BCUT2D eigenvalue weighted by atomic mass is 16.6. The number of carbonyl (C=O) groups excluding carboxylic acids is 2. The van der Waals surface area contributed by atoms with E-state index >= 15 is 0 Å². The zero-order valence-corrected chi connectivity index (χ0v) is 14.9. The fourth-order valence-corrected chi connectivity index (χ4v) is 2.79. The Kier molecular flexibility index (Phi) is 5.61. The van der Waals surface area contributed by atoms with E-state index in [9.17, 15) is 19.7 Å². The minimum absolute atomic E-state index is 0.113. The number of likely N-dealkylation sites (N-methyl/N-ethyl adjacent to an activating group) is 1. The van der Waals surface area contributed by atoms with Crippen molar-refractivity contribution in [2.24, 2.45) is 5.92 Å². The van der Waals surface area contributed by atoms with Gasteiger partial charge in [-0.3, -0.25) is 24.6 Å². The smallest absolute Gasteiger partial charge is 0.273 e. The molecule has 25 heavy (non-hydrogen) atoms. The van der Waals surface area contributed by atoms with Crippen LogP contribution in [0.2, 0.25) is 0 Å². The molecule has 2 rings (SSSR count). The lowest BCUT2D eigenvalue weighted by atomic mass is 10.0. The molecule has 0 aliphatic carbocycles. The first-order chi connectivity index (χ1) is 11.8. The van der Waals surface area contributed by atoms with Crippen LogP contribution in [0.1, 0.15) is 27.7 Å². The largest absolute Gasteiger partial charge is 0.478 e. The van der Waals surface area contributed by atoms with Crippen molar-refractivity contribution in [3.05, 3.63) is 28.3 Å². The van der Waals surface area contributed by atoms with E-state index in [1.165, 1.54) is 23.1 Å². The van der Waals surface area contributed by atoms with E-state index in [0.29, 0.717) is 18.8 Å². The third kappa shape index (κ3) is 3.72. The normalized spacial score (nSPS) is 16.4. The van der Waals surface area contributed by atoms with Crippen LogP contribution in [0.3, 0.4) is 0 Å². The number of nitro groups is 1. The second-order valence-electron chi connectivity index (χ2n) is 6.18. The van der Waals surface area contributed by atoms with Gasteiger partial charge in [-0.1, -0.05) is 13.8 Å². The van der Waals surface area contributed by atoms with Crippen LogP contribution in [0, 0.1) is 16.0 Å². The molecule has 1 aromatic rings. The van der Waals surface area contributed by atoms with Crippen LogP contribution in [-0.4, -0.2) is 47.4 Å². The molecule has 0 N–H and O–H groups in total. The predicted molar refractivity (Wildman–Crippen MR) is 92.6 cm³/mol. The number of carbonyl (C=O) groups is 2. The van der Waals surface area contributed by atoms with Gasteiger partial charge in [0.1, 0.15) is 6.54 Å². The van der Waals surface area contributed by atoms with Crippen molar-refractivity contribution < 1.29 is 19.2 Å². The van der Waals surface area contributed by atoms with Crippen molar-refractivity contribution >= 4 is 23.2 Å². The first-order valence-electron chi connectivity index (χ1n) is 8.34. The Morgan fingerprint density at radius 3 is 2.52 bits per heavy atom. The zero-order chi connectivity index (χ0) is 18.7. The summed E-state index contributed by atoms with van der Waals surface area (Å²) in [5, 5.41) is 11.0. The molecule has 8 nitrogen and oxygen atoms in total. The van der Waals surface area contributed by atoms with Gasteiger partial charge in [-0.2, -0.15) is 0 Å². The van der Waals surface area contributed by atoms with Gasteiger partial charge in [0.25, 0.3) is 11.6 Å². The number of nitrogens with zero attached hydrogens (tertiary/aromatic N) is 3. The maximum Gasteiger partial charge on any atom is 0.273 e. The van der Waals surface area contributed by atoms with Crippen LogP contribution in [0.4, 0.5) is 11.4 Å². The number of amides is 2. The molecule has 1 atom stereocenters. The SMILES string of the molecule is CCN(CC)C(=O)CN1C(=O)C(C(C)C)Oc2cc([N+](=O)[O-])ccc21. The number of ether oxygens (including phenoxy) is 1. The van der Waals surface area contributed by atoms with Crippen LogP contribution >= 0.6 is 0 Å². The number of hydrogen-bond donors (Lipinski definition) is 0. The molecule has 1 unspecified atom stereocenters. The van der Waals surface area contributed by atoms with Gasteiger partial charge in [0.05, 0.1) is 16.7 Å². The van der Waals surface area contributed by atoms with Crippen molar-refractivity contribution in [2.75, 3.05) is 24.5 Å². The van der Waals surface area contributed by atoms with Gasteiger partial charge in [0, 0.05) is 19.2 Å². The lowest BCUT2D eigenvalue weighted by molar-refractivity contribution is -0.384. The number of anilines is 1. The second kappa shape index (κ2) is 7.50. The van der Waals surface area contributed by atoms with Gasteiger partial charge in [-0.25, -0.2) is 0 Å². The van der Waals surface area contributed by atoms with Gasteiger partial charge < -0.3 is 9.64 Å². The lowest BCUT2D eigenvalue weighted by Gasteiger charge is -2.36. The minimum atomic E-state index is -0.779. The van der Waals surface area contributed by atoms with Gasteiger partial charge in [-0.05, 0) is 25.8 Å². The summed E-state index contributed by atoms with van der Waals surface area (Å²) in [5.74, 6) is -0.366. The Bertz CT molecular complexity index is 685. The molecule has 2 amide bonds. The number of nitro benzene ring substituents is 1. The van der Waals surface area contributed by atoms with E-state index in [1.54, 1.807) is 4.90 Å². The highest BCUT2D eigenvalue weighted by Gasteiger charge is 2.38. The first kappa shape index (κ1) is 18.7. The third-order valence-electron chi connectivity index (χ3n) is 4.22. The Hall–Kier alpha value is -2.64. The number of non-ortho nitro benzene ring substituents is 1. The maximum absolute atomic E-state index is 12.8. The molecule has 0 saturated heterocycles. The summed E-state index contributed by atoms with van der Waals surface area (Å²) in [4.78, 5) is 38.7. The molecule has 0 bridgehead atoms. The summed E-state index contributed by atoms with van der Waals surface area (Å²) >= 11 is 0. The van der Waals surface area contributed by atoms with Crippen LogP contribution < -0.4 is 9.64 Å². The molecule has 1 aliphatic heterocycles. The standard InChI is InChI=1S/C17H23N3O5/c1-5-18(6-2)15(21)10-19-13-8-7-12(20(23)24)9-14(13)25-16(11(3)4)17(19)22/h7-9,11,16H,5-6,10H2,1-4H3. The number of fused-ring (bicyclic) bond motifs is 1. The van der Waals surface area contributed by atoms with E-state index in [-0.39, 0.29) is 35.7 Å². The summed E-state index contributed by atoms with van der Waals surface area (Å²) in [6, 6.07) is 4.06. The summed E-state index contributed by atoms with van der Waals surface area (Å²) in [7, 11) is 0. The quantitative estimate of drug-likeness (QED) is 0.580. The fourth-order valence-electron chi connectivity index (χ4n) is 2.79. The summed E-state index contributed by atoms with van der Waals surface area (Å²) in [6.07, 6.45) is -0.779. The lowest BCUT2D eigenvalue weighted by Crippen LogP contribution is -2.52. The van der Waals surface area contributed by atoms with E-state index in [4.69, 9.17) is 4.74 Å². The molecule has 1 aliphatic rings. The predicted octanol–water partition coefficient (Wildman–Crippen LogP) is 2.21. The average molecular weight is 349 g/mol. The Morgan fingerprint density at radius 1 is 1.36 bits per heavy atom. The summed E-state index contributed by atoms with van der Waals surface area (Å²) in [6.45, 7) is 8.39. The van der Waals surface area contributed by atoms with Crippen molar-refractivity contribution in [1.29, 1.82) is 0 Å². The van der Waals surface area contributed by atoms with Crippen LogP contribution in [0.5, 0.6) is 5.75 Å². The van der Waals surface area contributed by atoms with Gasteiger partial charge in [0.2, 0.25) is 5.91 Å². The molecule has 0 saturated carbocycles. The first-order valence-corrected chi connectivity index (χ1v) is 8.34. The summed E-state index contributed by atoms with van der Waals surface area (Å²) < 4.78 is 5.70. The molecule has 0 fully saturated rings. The molecular formula is C17H23N3O5. The molecular weight excluding hydrogens is 326 g/mol. The van der Waals surface area contributed by atoms with Gasteiger partial charge in [-0.15, -0.1) is 0 Å². The third-order valence-corrected chi connectivity index (χ3v) is 4.22. The number of rotatable bonds is 6. The Labute approximate surface area is 146 Å². The topological polar surface area (TPSA) is 93.0 Å². The molecule has 1 aromatic carbocycles. The van der Waals surface area contributed by atoms with E-state index < -0.39 is 11.0 Å². The van der Waals surface area contributed by atoms with E-state index in [1.807, 2.05) is 27.7 Å². The zero-order valence-electron chi connectivity index (χ0n) is 14.9. The molecule has 0 radical (unpaired) electrons. The maximum atomic E-state index is 12.8. The summed E-state index contributed by atoms with van der Waals surface area (Å²) in [5.41, 5.74) is 0.263. The highest BCUT2D eigenvalue weighted by Crippen LogP contribution is 2.38. The monoisotopic (exact) mass is 349 g/mol. The van der Waals surface area contributed by atoms with Crippen molar-refractivity contribution in [2.45, 2.75) is 33.8 Å². The van der Waals surface area contributed by atoms with E-state index in [0.717, 1.165) is 0 Å². The Balaban J connectivity index is 2.42. The van der Waals surface area contributed by atoms with E-state index in [2.05, 4.69) is 0 Å². The molecule has 0 aromatic heterocycles. The van der Waals surface area contributed by atoms with Gasteiger partial charge >= 0.3 is 0 Å². The van der Waals surface area contributed by atoms with Crippen molar-refractivity contribution in [1.82, 2.24) is 4.90 Å². The molecule has 0 spiro atoms. The number of hydrogen-bond acceptors (Lipinski definition) is 5. The van der Waals surface area contributed by atoms with Crippen molar-refractivity contribution in [3.8, 4) is 5.75 Å². The van der Waals surface area contributed by atoms with Crippen molar-refractivity contribution in [3.63, 3.8) is 0 Å². The van der Waals surface area contributed by atoms with Gasteiger partial charge in [0.15, 0.2) is 11.9 Å². The second-order valence-corrected chi connectivity index (χ2v) is 6.18. The Morgan fingerprint density at radius 2 is 2.00 bits per heavy atom. The fraction of sp³-hybridized carbons (Fsp3) is 0.529. The highest BCUT2D eigenvalue weighted by molar-refractivity contribution is 6.04. The molecule has 1 heterocycles. The average Bonchev–Trinajstić information content (AvgIpc) is 2.57. The van der Waals surface area contributed by atoms with Crippen LogP contribution in [0.25, 0.3) is 0 Å². The molecule has 136 valence electrons.